The van der Waals surface area contributed by atoms with Crippen LogP contribution in [0.25, 0.3) is 11.1 Å². The number of carbonyl (C=O) groups excluding carboxylic acids is 3. The summed E-state index contributed by atoms with van der Waals surface area (Å²) < 4.78 is 0. The highest BCUT2D eigenvalue weighted by atomic mass is 16.2. The number of nitrogens with zero attached hydrogens (tertiary/aromatic N) is 2. The Balaban J connectivity index is 1.49. The fourth-order valence-corrected chi connectivity index (χ4v) is 3.66. The van der Waals surface area contributed by atoms with Gasteiger partial charge in [-0.3, -0.25) is 19.4 Å². The number of nitrogens with one attached hydrogen (secondary N) is 3. The second-order valence-corrected chi connectivity index (χ2v) is 7.76. The highest BCUT2D eigenvalue weighted by Gasteiger charge is 2.18. The molecule has 2 aromatic carbocycles. The van der Waals surface area contributed by atoms with Gasteiger partial charge in [-0.2, -0.15) is 0 Å². The van der Waals surface area contributed by atoms with Crippen LogP contribution in [-0.2, 0) is 4.79 Å². The smallest absolute Gasteiger partial charge is 0.257 e. The van der Waals surface area contributed by atoms with Gasteiger partial charge in [0, 0.05) is 56.6 Å². The molecule has 4 rings (SSSR count). The van der Waals surface area contributed by atoms with E-state index in [1.54, 1.807) is 48.7 Å². The van der Waals surface area contributed by atoms with Crippen LogP contribution in [0.2, 0.25) is 0 Å². The molecule has 1 aliphatic rings. The van der Waals surface area contributed by atoms with E-state index in [-0.39, 0.29) is 17.7 Å². The lowest BCUT2D eigenvalue weighted by atomic mass is 10.0. The first-order valence-corrected chi connectivity index (χ1v) is 10.7. The fraction of sp³-hybridized carbons (Fsp3) is 0.200. The monoisotopic (exact) mass is 443 g/mol. The molecular formula is C25H25N5O3. The lowest BCUT2D eigenvalue weighted by Crippen LogP contribution is -2.46. The Morgan fingerprint density at radius 2 is 1.52 bits per heavy atom. The molecule has 0 spiro atoms. The molecule has 8 heteroatoms. The number of carbonyl (C=O) groups is 3. The molecule has 3 N–H and O–H groups in total. The summed E-state index contributed by atoms with van der Waals surface area (Å²) in [5.41, 5.74) is 3.65. The standard InChI is InChI=1S/C25H25N5O3/c1-17(31)28-22-4-2-3-5-23(22)29-24(32)21-14-20(15-27-16-21)18-6-8-19(9-7-18)25(33)30-12-10-26-11-13-30/h2-9,14-16,26H,10-13H2,1H3,(H,28,31)(H,29,32). The van der Waals surface area contributed by atoms with Gasteiger partial charge in [-0.05, 0) is 35.9 Å². The maximum atomic E-state index is 12.8. The molecule has 1 fully saturated rings. The van der Waals surface area contributed by atoms with E-state index >= 15 is 0 Å². The summed E-state index contributed by atoms with van der Waals surface area (Å²) >= 11 is 0. The molecule has 8 nitrogen and oxygen atoms in total. The van der Waals surface area contributed by atoms with E-state index in [1.807, 2.05) is 17.0 Å². The van der Waals surface area contributed by atoms with Crippen molar-refractivity contribution in [1.29, 1.82) is 0 Å². The van der Waals surface area contributed by atoms with E-state index in [1.165, 1.54) is 13.1 Å². The summed E-state index contributed by atoms with van der Waals surface area (Å²) in [6.45, 7) is 4.42. The van der Waals surface area contributed by atoms with Gasteiger partial charge < -0.3 is 20.9 Å². The maximum absolute atomic E-state index is 12.8. The van der Waals surface area contributed by atoms with Crippen LogP contribution >= 0.6 is 0 Å². The number of piperazine rings is 1. The zero-order valence-electron chi connectivity index (χ0n) is 18.3. The summed E-state index contributed by atoms with van der Waals surface area (Å²) in [5.74, 6) is -0.543. The topological polar surface area (TPSA) is 103 Å². The number of rotatable bonds is 5. The average molecular weight is 444 g/mol. The van der Waals surface area contributed by atoms with E-state index in [4.69, 9.17) is 0 Å². The minimum Gasteiger partial charge on any atom is -0.336 e. The minimum atomic E-state index is -0.340. The first-order chi connectivity index (χ1) is 16.0. The molecule has 1 saturated heterocycles. The van der Waals surface area contributed by atoms with Crippen molar-refractivity contribution in [2.24, 2.45) is 0 Å². The van der Waals surface area contributed by atoms with Gasteiger partial charge in [0.1, 0.15) is 0 Å². The van der Waals surface area contributed by atoms with Crippen molar-refractivity contribution in [3.8, 4) is 11.1 Å². The normalized spacial score (nSPS) is 13.3. The Morgan fingerprint density at radius 1 is 0.848 bits per heavy atom. The average Bonchev–Trinajstić information content (AvgIpc) is 2.85. The van der Waals surface area contributed by atoms with Crippen molar-refractivity contribution in [2.45, 2.75) is 6.92 Å². The van der Waals surface area contributed by atoms with Crippen molar-refractivity contribution in [1.82, 2.24) is 15.2 Å². The molecule has 0 radical (unpaired) electrons. The van der Waals surface area contributed by atoms with E-state index in [0.29, 0.717) is 35.6 Å². The molecule has 168 valence electrons. The Hall–Kier alpha value is -4.04. The third kappa shape index (κ3) is 5.42. The van der Waals surface area contributed by atoms with E-state index in [2.05, 4.69) is 20.9 Å². The summed E-state index contributed by atoms with van der Waals surface area (Å²) in [4.78, 5) is 43.0. The molecule has 33 heavy (non-hydrogen) atoms. The first kappa shape index (κ1) is 22.2. The summed E-state index contributed by atoms with van der Waals surface area (Å²) in [5, 5.41) is 8.76. The number of benzene rings is 2. The molecule has 0 atom stereocenters. The number of hydrogen-bond acceptors (Lipinski definition) is 5. The van der Waals surface area contributed by atoms with Crippen molar-refractivity contribution >= 4 is 29.1 Å². The van der Waals surface area contributed by atoms with Gasteiger partial charge in [-0.1, -0.05) is 24.3 Å². The van der Waals surface area contributed by atoms with Crippen LogP contribution in [0, 0.1) is 0 Å². The molecule has 3 amide bonds. The third-order valence-corrected chi connectivity index (χ3v) is 5.36. The van der Waals surface area contributed by atoms with E-state index < -0.39 is 0 Å². The second-order valence-electron chi connectivity index (χ2n) is 7.76. The van der Waals surface area contributed by atoms with Crippen LogP contribution in [0.4, 0.5) is 11.4 Å². The van der Waals surface area contributed by atoms with E-state index in [9.17, 15) is 14.4 Å². The van der Waals surface area contributed by atoms with Gasteiger partial charge in [0.2, 0.25) is 5.91 Å². The summed E-state index contributed by atoms with van der Waals surface area (Å²) in [6, 6.07) is 16.1. The molecular weight excluding hydrogens is 418 g/mol. The Kier molecular flexibility index (Phi) is 6.75. The maximum Gasteiger partial charge on any atom is 0.257 e. The van der Waals surface area contributed by atoms with Gasteiger partial charge in [0.05, 0.1) is 16.9 Å². The lowest BCUT2D eigenvalue weighted by Gasteiger charge is -2.27. The number of hydrogen-bond donors (Lipinski definition) is 3. The SMILES string of the molecule is CC(=O)Nc1ccccc1NC(=O)c1cncc(-c2ccc(C(=O)N3CCNCC3)cc2)c1. The van der Waals surface area contributed by atoms with Gasteiger partial charge in [-0.15, -0.1) is 0 Å². The quantitative estimate of drug-likeness (QED) is 0.563. The molecule has 0 aliphatic carbocycles. The molecule has 0 unspecified atom stereocenters. The summed E-state index contributed by atoms with van der Waals surface area (Å²) in [6.07, 6.45) is 3.16. The summed E-state index contributed by atoms with van der Waals surface area (Å²) in [7, 11) is 0. The largest absolute Gasteiger partial charge is 0.336 e. The highest BCUT2D eigenvalue weighted by molar-refractivity contribution is 6.07. The van der Waals surface area contributed by atoms with E-state index in [0.717, 1.165) is 24.2 Å². The first-order valence-electron chi connectivity index (χ1n) is 10.7. The highest BCUT2D eigenvalue weighted by Crippen LogP contribution is 2.24. The van der Waals surface area contributed by atoms with Gasteiger partial charge in [-0.25, -0.2) is 0 Å². The lowest BCUT2D eigenvalue weighted by molar-refractivity contribution is -0.114. The molecule has 3 aromatic rings. The van der Waals surface area contributed by atoms with Crippen molar-refractivity contribution in [3.05, 3.63) is 78.1 Å². The van der Waals surface area contributed by atoms with Gasteiger partial charge in [0.25, 0.3) is 11.8 Å². The molecule has 1 aliphatic heterocycles. The van der Waals surface area contributed by atoms with Crippen LogP contribution in [-0.4, -0.2) is 53.8 Å². The predicted molar refractivity (Wildman–Crippen MR) is 127 cm³/mol. The number of amides is 3. The van der Waals surface area contributed by atoms with Crippen LogP contribution in [0.3, 0.4) is 0 Å². The van der Waals surface area contributed by atoms with Crippen molar-refractivity contribution < 1.29 is 14.4 Å². The Labute approximate surface area is 192 Å². The zero-order chi connectivity index (χ0) is 23.2. The van der Waals surface area contributed by atoms with Crippen LogP contribution in [0.15, 0.2) is 67.0 Å². The van der Waals surface area contributed by atoms with Gasteiger partial charge >= 0.3 is 0 Å². The molecule has 0 bridgehead atoms. The Bertz CT molecular complexity index is 1170. The van der Waals surface area contributed by atoms with Crippen LogP contribution in [0.5, 0.6) is 0 Å². The number of aromatic nitrogens is 1. The van der Waals surface area contributed by atoms with Crippen molar-refractivity contribution in [3.63, 3.8) is 0 Å². The second kappa shape index (κ2) is 10.1. The fourth-order valence-electron chi connectivity index (χ4n) is 3.66. The molecule has 2 heterocycles. The van der Waals surface area contributed by atoms with Crippen molar-refractivity contribution in [2.75, 3.05) is 36.8 Å². The Morgan fingerprint density at radius 3 is 2.18 bits per heavy atom. The van der Waals surface area contributed by atoms with Crippen LogP contribution < -0.4 is 16.0 Å². The number of pyridine rings is 1. The predicted octanol–water partition coefficient (Wildman–Crippen LogP) is 3.00. The molecule has 1 aromatic heterocycles. The van der Waals surface area contributed by atoms with Crippen LogP contribution in [0.1, 0.15) is 27.6 Å². The number of anilines is 2. The third-order valence-electron chi connectivity index (χ3n) is 5.36. The minimum absolute atomic E-state index is 0.0205. The zero-order valence-corrected chi connectivity index (χ0v) is 18.3. The van der Waals surface area contributed by atoms with Gasteiger partial charge in [0.15, 0.2) is 0 Å². The molecule has 0 saturated carbocycles. The number of para-hydroxylation sites is 2.